The van der Waals surface area contributed by atoms with Gasteiger partial charge in [0.2, 0.25) is 0 Å². The molecule has 0 aromatic heterocycles. The van der Waals surface area contributed by atoms with Crippen LogP contribution in [0.5, 0.6) is 0 Å². The topological polar surface area (TPSA) is 3.24 Å². The Kier molecular flexibility index (Phi) is 4.55. The molecule has 0 heterocycles. The minimum atomic E-state index is 0.601. The van der Waals surface area contributed by atoms with Crippen LogP contribution in [0.2, 0.25) is 0 Å². The fourth-order valence-corrected chi connectivity index (χ4v) is 1.71. The molecule has 0 aliphatic heterocycles. The Balaban J connectivity index is 2.83. The first-order valence-electron chi connectivity index (χ1n) is 6.21. The molecule has 0 bridgehead atoms. The van der Waals surface area contributed by atoms with Crippen LogP contribution in [-0.4, -0.2) is 18.0 Å². The van der Waals surface area contributed by atoms with Gasteiger partial charge < -0.3 is 0 Å². The lowest BCUT2D eigenvalue weighted by Crippen LogP contribution is -2.25. The lowest BCUT2D eigenvalue weighted by molar-refractivity contribution is 0.265. The van der Waals surface area contributed by atoms with Gasteiger partial charge in [0.15, 0.2) is 0 Å². The van der Waals surface area contributed by atoms with Crippen LogP contribution in [0.15, 0.2) is 18.2 Å². The van der Waals surface area contributed by atoms with E-state index in [2.05, 4.69) is 64.8 Å². The molecule has 0 aliphatic rings. The zero-order valence-electron chi connectivity index (χ0n) is 11.5. The maximum atomic E-state index is 2.37. The van der Waals surface area contributed by atoms with Crippen LogP contribution in [-0.2, 0) is 6.54 Å². The quantitative estimate of drug-likeness (QED) is 0.741. The standard InChI is InChI=1S/C15H25N/c1-11(2)14-7-8-15(13(5)9-14)10-16(6)12(3)4/h7-9,11-12H,10H2,1-6H3. The molecule has 0 amide bonds. The Morgan fingerprint density at radius 2 is 1.75 bits per heavy atom. The van der Waals surface area contributed by atoms with Gasteiger partial charge in [-0.15, -0.1) is 0 Å². The molecule has 0 radical (unpaired) electrons. The van der Waals surface area contributed by atoms with Crippen LogP contribution < -0.4 is 0 Å². The van der Waals surface area contributed by atoms with Gasteiger partial charge in [0, 0.05) is 12.6 Å². The van der Waals surface area contributed by atoms with Crippen LogP contribution in [0.25, 0.3) is 0 Å². The Morgan fingerprint density at radius 3 is 2.19 bits per heavy atom. The molecule has 0 unspecified atom stereocenters. The van der Waals surface area contributed by atoms with Gasteiger partial charge in [-0.25, -0.2) is 0 Å². The molecule has 1 aromatic rings. The summed E-state index contributed by atoms with van der Waals surface area (Å²) in [4.78, 5) is 2.37. The second-order valence-corrected chi connectivity index (χ2v) is 5.35. The van der Waals surface area contributed by atoms with E-state index in [9.17, 15) is 0 Å². The average molecular weight is 219 g/mol. The van der Waals surface area contributed by atoms with Crippen molar-refractivity contribution in [2.45, 2.75) is 53.1 Å². The van der Waals surface area contributed by atoms with Crippen LogP contribution in [0.1, 0.15) is 50.3 Å². The van der Waals surface area contributed by atoms with Gasteiger partial charge in [0.05, 0.1) is 0 Å². The molecular formula is C15H25N. The zero-order chi connectivity index (χ0) is 12.3. The van der Waals surface area contributed by atoms with E-state index in [1.54, 1.807) is 0 Å². The highest BCUT2D eigenvalue weighted by atomic mass is 15.1. The zero-order valence-corrected chi connectivity index (χ0v) is 11.5. The van der Waals surface area contributed by atoms with E-state index in [-0.39, 0.29) is 0 Å². The molecule has 0 saturated carbocycles. The van der Waals surface area contributed by atoms with Crippen LogP contribution in [0.3, 0.4) is 0 Å². The summed E-state index contributed by atoms with van der Waals surface area (Å²) >= 11 is 0. The Bertz CT molecular complexity index is 339. The highest BCUT2D eigenvalue weighted by Gasteiger charge is 2.07. The average Bonchev–Trinajstić information content (AvgIpc) is 2.20. The first-order chi connectivity index (χ1) is 7.41. The highest BCUT2D eigenvalue weighted by Crippen LogP contribution is 2.19. The highest BCUT2D eigenvalue weighted by molar-refractivity contribution is 5.32. The SMILES string of the molecule is Cc1cc(C(C)C)ccc1CN(C)C(C)C. The van der Waals surface area contributed by atoms with Crippen molar-refractivity contribution in [2.24, 2.45) is 0 Å². The maximum absolute atomic E-state index is 2.37. The van der Waals surface area contributed by atoms with Crippen molar-refractivity contribution < 1.29 is 0 Å². The van der Waals surface area contributed by atoms with Gasteiger partial charge in [-0.2, -0.15) is 0 Å². The van der Waals surface area contributed by atoms with Crippen molar-refractivity contribution in [3.8, 4) is 0 Å². The summed E-state index contributed by atoms with van der Waals surface area (Å²) in [6.07, 6.45) is 0. The molecule has 0 aliphatic carbocycles. The van der Waals surface area contributed by atoms with Crippen LogP contribution in [0, 0.1) is 6.92 Å². The number of aryl methyl sites for hydroxylation is 1. The van der Waals surface area contributed by atoms with Crippen molar-refractivity contribution in [3.05, 3.63) is 34.9 Å². The Labute approximate surface area is 100 Å². The fraction of sp³-hybridized carbons (Fsp3) is 0.600. The van der Waals surface area contributed by atoms with Crippen molar-refractivity contribution in [1.82, 2.24) is 4.90 Å². The molecule has 0 N–H and O–H groups in total. The van der Waals surface area contributed by atoms with Gasteiger partial charge in [-0.3, -0.25) is 4.90 Å². The molecule has 1 aromatic carbocycles. The van der Waals surface area contributed by atoms with E-state index in [0.717, 1.165) is 6.54 Å². The predicted molar refractivity (Wildman–Crippen MR) is 71.9 cm³/mol. The second-order valence-electron chi connectivity index (χ2n) is 5.35. The fourth-order valence-electron chi connectivity index (χ4n) is 1.71. The van der Waals surface area contributed by atoms with Crippen LogP contribution in [0.4, 0.5) is 0 Å². The lowest BCUT2D eigenvalue weighted by atomic mass is 9.98. The third kappa shape index (κ3) is 3.34. The number of benzene rings is 1. The first-order valence-corrected chi connectivity index (χ1v) is 6.21. The summed E-state index contributed by atoms with van der Waals surface area (Å²) in [7, 11) is 2.18. The minimum absolute atomic E-state index is 0.601. The molecule has 1 nitrogen and oxygen atoms in total. The molecule has 0 spiro atoms. The molecule has 1 rings (SSSR count). The van der Waals surface area contributed by atoms with Gasteiger partial charge in [0.1, 0.15) is 0 Å². The van der Waals surface area contributed by atoms with Crippen molar-refractivity contribution >= 4 is 0 Å². The number of hydrogen-bond donors (Lipinski definition) is 0. The van der Waals surface area contributed by atoms with Gasteiger partial charge in [0.25, 0.3) is 0 Å². The Morgan fingerprint density at radius 1 is 1.12 bits per heavy atom. The lowest BCUT2D eigenvalue weighted by Gasteiger charge is -2.22. The van der Waals surface area contributed by atoms with E-state index in [1.807, 2.05) is 0 Å². The molecule has 1 heteroatoms. The molecular weight excluding hydrogens is 194 g/mol. The summed E-state index contributed by atoms with van der Waals surface area (Å²) in [5.41, 5.74) is 4.30. The van der Waals surface area contributed by atoms with Gasteiger partial charge in [-0.05, 0) is 50.4 Å². The second kappa shape index (κ2) is 5.49. The van der Waals surface area contributed by atoms with Gasteiger partial charge >= 0.3 is 0 Å². The summed E-state index contributed by atoms with van der Waals surface area (Å²) < 4.78 is 0. The summed E-state index contributed by atoms with van der Waals surface area (Å²) in [5.74, 6) is 0.621. The third-order valence-corrected chi connectivity index (χ3v) is 3.33. The molecule has 0 atom stereocenters. The Hall–Kier alpha value is -0.820. The monoisotopic (exact) mass is 219 g/mol. The molecule has 0 fully saturated rings. The summed E-state index contributed by atoms with van der Waals surface area (Å²) in [6, 6.07) is 7.47. The third-order valence-electron chi connectivity index (χ3n) is 3.33. The first kappa shape index (κ1) is 13.2. The number of rotatable bonds is 4. The summed E-state index contributed by atoms with van der Waals surface area (Å²) in [5, 5.41) is 0. The van der Waals surface area contributed by atoms with Crippen molar-refractivity contribution in [2.75, 3.05) is 7.05 Å². The van der Waals surface area contributed by atoms with E-state index < -0.39 is 0 Å². The minimum Gasteiger partial charge on any atom is -0.300 e. The maximum Gasteiger partial charge on any atom is 0.0236 e. The van der Waals surface area contributed by atoms with Crippen LogP contribution >= 0.6 is 0 Å². The predicted octanol–water partition coefficient (Wildman–Crippen LogP) is 3.96. The van der Waals surface area contributed by atoms with E-state index in [4.69, 9.17) is 0 Å². The molecule has 90 valence electrons. The number of hydrogen-bond acceptors (Lipinski definition) is 1. The van der Waals surface area contributed by atoms with Crippen molar-refractivity contribution in [3.63, 3.8) is 0 Å². The molecule has 16 heavy (non-hydrogen) atoms. The largest absolute Gasteiger partial charge is 0.300 e. The molecule has 0 saturated heterocycles. The summed E-state index contributed by atoms with van der Waals surface area (Å²) in [6.45, 7) is 12.2. The smallest absolute Gasteiger partial charge is 0.0236 e. The van der Waals surface area contributed by atoms with Crippen molar-refractivity contribution in [1.29, 1.82) is 0 Å². The van der Waals surface area contributed by atoms with E-state index in [1.165, 1.54) is 16.7 Å². The normalized spacial score (nSPS) is 11.8. The van der Waals surface area contributed by atoms with Gasteiger partial charge in [-0.1, -0.05) is 32.0 Å². The number of nitrogens with zero attached hydrogens (tertiary/aromatic N) is 1. The van der Waals surface area contributed by atoms with E-state index >= 15 is 0 Å². The van der Waals surface area contributed by atoms with E-state index in [0.29, 0.717) is 12.0 Å².